The summed E-state index contributed by atoms with van der Waals surface area (Å²) in [5, 5.41) is 7.75. The maximum atomic E-state index is 5.79. The third-order valence-corrected chi connectivity index (χ3v) is 12.6. The molecule has 272 valence electrons. The van der Waals surface area contributed by atoms with Crippen molar-refractivity contribution >= 4 is 65.4 Å². The lowest BCUT2D eigenvalue weighted by Crippen LogP contribution is -2.05. The summed E-state index contributed by atoms with van der Waals surface area (Å²) >= 11 is 0. The number of allylic oxidation sites excluding steroid dienone is 3. The third-order valence-electron chi connectivity index (χ3n) is 12.6. The molecule has 0 saturated heterocycles. The number of nitrogens with zero attached hydrogens (tertiary/aromatic N) is 3. The summed E-state index contributed by atoms with van der Waals surface area (Å²) in [4.78, 5) is 0. The fraction of sp³-hybridized carbons (Fsp3) is 0.216. The standard InChI is InChI=1S/C51H48N4/c1-2-14-36-31-35(28-29-52)32-37(36)15-4-3-13-30-53-46-26-24-38(54-48-20-9-5-16-40(48)41-17-6-10-21-49(41)54)33-44(46)45-34-39(25-27-47(45)53)55-50-22-11-7-18-42(50)43-19-8-12-23-51(43)55/h2,5-12,14,16-29,33-37H,3-4,13,15,30-32,52H2,1H3/b14-2-,29-28-. The van der Waals surface area contributed by atoms with E-state index in [1.54, 1.807) is 6.20 Å². The van der Waals surface area contributed by atoms with Crippen molar-refractivity contribution in [3.05, 3.63) is 158 Å². The second-order valence-electron chi connectivity index (χ2n) is 15.7. The maximum absolute atomic E-state index is 5.79. The molecular weight excluding hydrogens is 669 g/mol. The van der Waals surface area contributed by atoms with Gasteiger partial charge in [0, 0.05) is 61.3 Å². The number of fused-ring (bicyclic) bond motifs is 9. The van der Waals surface area contributed by atoms with Crippen molar-refractivity contribution in [2.75, 3.05) is 0 Å². The molecule has 3 heterocycles. The molecule has 1 aliphatic rings. The topological polar surface area (TPSA) is 40.8 Å². The molecule has 3 atom stereocenters. The van der Waals surface area contributed by atoms with Gasteiger partial charge in [0.25, 0.3) is 0 Å². The van der Waals surface area contributed by atoms with Crippen LogP contribution in [-0.4, -0.2) is 13.7 Å². The minimum absolute atomic E-state index is 0.619. The highest BCUT2D eigenvalue weighted by molar-refractivity contribution is 6.13. The zero-order valence-electron chi connectivity index (χ0n) is 31.6. The Morgan fingerprint density at radius 3 is 1.49 bits per heavy atom. The van der Waals surface area contributed by atoms with Gasteiger partial charge in [-0.15, -0.1) is 0 Å². The molecule has 0 bridgehead atoms. The Hall–Kier alpha value is -6.00. The van der Waals surface area contributed by atoms with Gasteiger partial charge in [-0.1, -0.05) is 104 Å². The van der Waals surface area contributed by atoms with Crippen LogP contribution in [0.1, 0.15) is 45.4 Å². The van der Waals surface area contributed by atoms with E-state index in [0.29, 0.717) is 11.8 Å². The summed E-state index contributed by atoms with van der Waals surface area (Å²) in [6, 6.07) is 49.5. The normalized spacial score (nSPS) is 17.9. The van der Waals surface area contributed by atoms with E-state index in [1.165, 1.54) is 109 Å². The van der Waals surface area contributed by atoms with Crippen LogP contribution in [0.5, 0.6) is 0 Å². The molecule has 6 aromatic carbocycles. The minimum atomic E-state index is 0.619. The van der Waals surface area contributed by atoms with Crippen molar-refractivity contribution < 1.29 is 0 Å². The van der Waals surface area contributed by atoms with Gasteiger partial charge in [-0.2, -0.15) is 0 Å². The Bertz CT molecular complexity index is 2640. The molecule has 1 aliphatic carbocycles. The van der Waals surface area contributed by atoms with E-state index in [4.69, 9.17) is 5.73 Å². The molecule has 55 heavy (non-hydrogen) atoms. The van der Waals surface area contributed by atoms with Gasteiger partial charge in [-0.05, 0) is 117 Å². The molecule has 1 fully saturated rings. The highest BCUT2D eigenvalue weighted by Crippen LogP contribution is 2.42. The van der Waals surface area contributed by atoms with Crippen LogP contribution in [0.4, 0.5) is 0 Å². The van der Waals surface area contributed by atoms with Gasteiger partial charge in [-0.25, -0.2) is 0 Å². The largest absolute Gasteiger partial charge is 0.405 e. The molecule has 0 aliphatic heterocycles. The Morgan fingerprint density at radius 2 is 1.02 bits per heavy atom. The van der Waals surface area contributed by atoms with Crippen LogP contribution >= 0.6 is 0 Å². The molecule has 0 radical (unpaired) electrons. The van der Waals surface area contributed by atoms with Gasteiger partial charge in [-0.3, -0.25) is 0 Å². The number of hydrogen-bond acceptors (Lipinski definition) is 1. The van der Waals surface area contributed by atoms with Gasteiger partial charge in [0.2, 0.25) is 0 Å². The first-order valence-electron chi connectivity index (χ1n) is 20.3. The summed E-state index contributed by atoms with van der Waals surface area (Å²) in [6.45, 7) is 3.16. The lowest BCUT2D eigenvalue weighted by Gasteiger charge is -2.16. The van der Waals surface area contributed by atoms with Gasteiger partial charge in [0.15, 0.2) is 0 Å². The number of unbranched alkanes of at least 4 members (excludes halogenated alkanes) is 2. The Labute approximate surface area is 322 Å². The van der Waals surface area contributed by atoms with Crippen molar-refractivity contribution in [1.82, 2.24) is 13.7 Å². The number of aryl methyl sites for hydroxylation is 1. The van der Waals surface area contributed by atoms with E-state index in [-0.39, 0.29) is 0 Å². The van der Waals surface area contributed by atoms with Crippen LogP contribution in [-0.2, 0) is 6.54 Å². The zero-order chi connectivity index (χ0) is 36.9. The molecule has 2 N–H and O–H groups in total. The third kappa shape index (κ3) is 5.66. The molecule has 4 nitrogen and oxygen atoms in total. The number of hydrogen-bond donors (Lipinski definition) is 1. The highest BCUT2D eigenvalue weighted by atomic mass is 15.0. The fourth-order valence-corrected chi connectivity index (χ4v) is 10.2. The number of aromatic nitrogens is 3. The minimum Gasteiger partial charge on any atom is -0.405 e. The summed E-state index contributed by atoms with van der Waals surface area (Å²) in [5.41, 5.74) is 15.7. The van der Waals surface area contributed by atoms with Crippen molar-refractivity contribution in [3.8, 4) is 11.4 Å². The van der Waals surface area contributed by atoms with Gasteiger partial charge >= 0.3 is 0 Å². The van der Waals surface area contributed by atoms with Crippen LogP contribution in [0.15, 0.2) is 158 Å². The lowest BCUT2D eigenvalue weighted by molar-refractivity contribution is 0.400. The van der Waals surface area contributed by atoms with Crippen LogP contribution in [0, 0.1) is 17.8 Å². The van der Waals surface area contributed by atoms with E-state index in [0.717, 1.165) is 18.9 Å². The quantitative estimate of drug-likeness (QED) is 0.111. The van der Waals surface area contributed by atoms with Gasteiger partial charge in [0.05, 0.1) is 22.1 Å². The lowest BCUT2D eigenvalue weighted by atomic mass is 9.90. The summed E-state index contributed by atoms with van der Waals surface area (Å²) in [6.07, 6.45) is 16.1. The second kappa shape index (κ2) is 14.0. The number of rotatable bonds is 10. The van der Waals surface area contributed by atoms with Gasteiger partial charge < -0.3 is 19.4 Å². The second-order valence-corrected chi connectivity index (χ2v) is 15.7. The van der Waals surface area contributed by atoms with Crippen LogP contribution in [0.25, 0.3) is 76.8 Å². The first kappa shape index (κ1) is 33.6. The first-order valence-corrected chi connectivity index (χ1v) is 20.3. The Kier molecular flexibility index (Phi) is 8.55. The van der Waals surface area contributed by atoms with Gasteiger partial charge in [0.1, 0.15) is 0 Å². The Morgan fingerprint density at radius 1 is 0.527 bits per heavy atom. The summed E-state index contributed by atoms with van der Waals surface area (Å²) in [5.74, 6) is 2.05. The average molecular weight is 717 g/mol. The Balaban J connectivity index is 1.06. The summed E-state index contributed by atoms with van der Waals surface area (Å²) < 4.78 is 7.49. The predicted molar refractivity (Wildman–Crippen MR) is 234 cm³/mol. The molecule has 4 heteroatoms. The van der Waals surface area contributed by atoms with Crippen LogP contribution < -0.4 is 5.73 Å². The van der Waals surface area contributed by atoms with E-state index in [1.807, 2.05) is 0 Å². The molecule has 3 aromatic heterocycles. The molecule has 3 unspecified atom stereocenters. The van der Waals surface area contributed by atoms with Crippen LogP contribution in [0.2, 0.25) is 0 Å². The summed E-state index contributed by atoms with van der Waals surface area (Å²) in [7, 11) is 0. The zero-order valence-corrected chi connectivity index (χ0v) is 31.6. The fourth-order valence-electron chi connectivity index (χ4n) is 10.2. The monoisotopic (exact) mass is 716 g/mol. The highest BCUT2D eigenvalue weighted by Gasteiger charge is 2.30. The van der Waals surface area contributed by atoms with E-state index in [2.05, 4.69) is 172 Å². The van der Waals surface area contributed by atoms with E-state index < -0.39 is 0 Å². The van der Waals surface area contributed by atoms with Crippen molar-refractivity contribution in [2.45, 2.75) is 52.0 Å². The SMILES string of the molecule is C/C=C\C1CC(/C=C\N)CC1CCCCCn1c2ccc(-n3c4ccccc4c4ccccc43)cc2c2cc(-n3c4ccccc4c4ccccc43)ccc21. The maximum Gasteiger partial charge on any atom is 0.0541 e. The van der Waals surface area contributed by atoms with Crippen molar-refractivity contribution in [3.63, 3.8) is 0 Å². The number of nitrogens with two attached hydrogens (primary N) is 1. The predicted octanol–water partition coefficient (Wildman–Crippen LogP) is 13.2. The number of para-hydroxylation sites is 4. The molecule has 9 aromatic rings. The van der Waals surface area contributed by atoms with Crippen molar-refractivity contribution in [2.24, 2.45) is 23.5 Å². The first-order chi connectivity index (χ1) is 27.2. The van der Waals surface area contributed by atoms with Crippen molar-refractivity contribution in [1.29, 1.82) is 0 Å². The smallest absolute Gasteiger partial charge is 0.0541 e. The molecule has 0 spiro atoms. The molecular formula is C51H48N4. The van der Waals surface area contributed by atoms with Crippen LogP contribution in [0.3, 0.4) is 0 Å². The van der Waals surface area contributed by atoms with E-state index >= 15 is 0 Å². The molecule has 1 saturated carbocycles. The number of benzene rings is 6. The molecule has 0 amide bonds. The molecule has 10 rings (SSSR count). The van der Waals surface area contributed by atoms with E-state index in [9.17, 15) is 0 Å². The average Bonchev–Trinajstić information content (AvgIpc) is 3.96.